The number of aryl methyl sites for hydroxylation is 1. The van der Waals surface area contributed by atoms with Crippen molar-refractivity contribution in [3.8, 4) is 0 Å². The van der Waals surface area contributed by atoms with E-state index in [-0.39, 0.29) is 24.2 Å². The van der Waals surface area contributed by atoms with Gasteiger partial charge in [0, 0.05) is 6.04 Å². The van der Waals surface area contributed by atoms with Crippen LogP contribution in [0.2, 0.25) is 0 Å². The Kier molecular flexibility index (Phi) is 4.56. The van der Waals surface area contributed by atoms with Gasteiger partial charge in [0.25, 0.3) is 0 Å². The molecule has 4 nitrogen and oxygen atoms in total. The summed E-state index contributed by atoms with van der Waals surface area (Å²) in [4.78, 5) is 12.2. The van der Waals surface area contributed by atoms with Gasteiger partial charge in [0.05, 0.1) is 31.8 Å². The molecule has 21 heavy (non-hydrogen) atoms. The zero-order valence-electron chi connectivity index (χ0n) is 12.5. The van der Waals surface area contributed by atoms with E-state index in [4.69, 9.17) is 9.47 Å². The number of rotatable bonds is 3. The Bertz CT molecular complexity index is 503. The van der Waals surface area contributed by atoms with Crippen molar-refractivity contribution in [1.82, 2.24) is 5.32 Å². The van der Waals surface area contributed by atoms with Gasteiger partial charge in [-0.05, 0) is 31.7 Å². The standard InChI is InChI=1S/C17H23NO3/c1-12-3-2-4-13(9-12)10-17(19)18-14-5-6-15-16(11-14)21-8-7-20-15/h2-4,9,14-16H,5-8,10-11H2,1H3,(H,18,19)/t14-,15-,16+/m1/s1. The van der Waals surface area contributed by atoms with Gasteiger partial charge in [-0.2, -0.15) is 0 Å². The van der Waals surface area contributed by atoms with Crippen molar-refractivity contribution in [3.05, 3.63) is 35.4 Å². The predicted molar refractivity (Wildman–Crippen MR) is 80.1 cm³/mol. The summed E-state index contributed by atoms with van der Waals surface area (Å²) >= 11 is 0. The van der Waals surface area contributed by atoms with Crippen LogP contribution < -0.4 is 5.32 Å². The third-order valence-electron chi connectivity index (χ3n) is 4.29. The van der Waals surface area contributed by atoms with Crippen LogP contribution in [-0.4, -0.2) is 37.4 Å². The molecule has 4 heteroatoms. The lowest BCUT2D eigenvalue weighted by Gasteiger charge is -2.39. The number of nitrogens with one attached hydrogen (secondary N) is 1. The predicted octanol–water partition coefficient (Wildman–Crippen LogP) is 1.99. The summed E-state index contributed by atoms with van der Waals surface area (Å²) in [6.07, 6.45) is 3.64. The van der Waals surface area contributed by atoms with Gasteiger partial charge in [0.15, 0.2) is 0 Å². The van der Waals surface area contributed by atoms with E-state index in [1.165, 1.54) is 5.56 Å². The van der Waals surface area contributed by atoms with E-state index in [1.54, 1.807) is 0 Å². The van der Waals surface area contributed by atoms with Crippen LogP contribution in [0.4, 0.5) is 0 Å². The van der Waals surface area contributed by atoms with Crippen LogP contribution >= 0.6 is 0 Å². The molecule has 0 radical (unpaired) electrons. The summed E-state index contributed by atoms with van der Waals surface area (Å²) in [7, 11) is 0. The molecule has 1 saturated heterocycles. The molecule has 114 valence electrons. The van der Waals surface area contributed by atoms with Gasteiger partial charge in [-0.1, -0.05) is 29.8 Å². The fourth-order valence-corrected chi connectivity index (χ4v) is 3.28. The minimum Gasteiger partial charge on any atom is -0.373 e. The van der Waals surface area contributed by atoms with Crippen LogP contribution in [0.15, 0.2) is 24.3 Å². The van der Waals surface area contributed by atoms with Gasteiger partial charge in [-0.25, -0.2) is 0 Å². The van der Waals surface area contributed by atoms with E-state index in [2.05, 4.69) is 11.4 Å². The minimum atomic E-state index is 0.0979. The molecule has 0 aromatic heterocycles. The Labute approximate surface area is 125 Å². The van der Waals surface area contributed by atoms with E-state index >= 15 is 0 Å². The second kappa shape index (κ2) is 6.58. The highest BCUT2D eigenvalue weighted by Gasteiger charge is 2.34. The van der Waals surface area contributed by atoms with Gasteiger partial charge in [0.1, 0.15) is 0 Å². The van der Waals surface area contributed by atoms with Crippen LogP contribution in [0, 0.1) is 6.92 Å². The van der Waals surface area contributed by atoms with E-state index in [1.807, 2.05) is 25.1 Å². The van der Waals surface area contributed by atoms with Crippen molar-refractivity contribution in [2.45, 2.75) is 50.9 Å². The molecule has 0 unspecified atom stereocenters. The molecule has 1 N–H and O–H groups in total. The summed E-state index contributed by atoms with van der Waals surface area (Å²) in [5, 5.41) is 3.15. The first kappa shape index (κ1) is 14.5. The maximum atomic E-state index is 12.2. The highest BCUT2D eigenvalue weighted by Crippen LogP contribution is 2.26. The Morgan fingerprint density at radius 2 is 2.05 bits per heavy atom. The van der Waals surface area contributed by atoms with Crippen molar-refractivity contribution in [1.29, 1.82) is 0 Å². The Morgan fingerprint density at radius 1 is 1.24 bits per heavy atom. The number of amides is 1. The first-order valence-corrected chi connectivity index (χ1v) is 7.79. The molecule has 1 aromatic rings. The quantitative estimate of drug-likeness (QED) is 0.925. The lowest BCUT2D eigenvalue weighted by Crippen LogP contribution is -2.49. The zero-order valence-corrected chi connectivity index (χ0v) is 12.5. The monoisotopic (exact) mass is 289 g/mol. The molecule has 0 bridgehead atoms. The molecular weight excluding hydrogens is 266 g/mol. The molecule has 3 atom stereocenters. The minimum absolute atomic E-state index is 0.0979. The molecular formula is C17H23NO3. The highest BCUT2D eigenvalue weighted by atomic mass is 16.6. The van der Waals surface area contributed by atoms with Crippen molar-refractivity contribution >= 4 is 5.91 Å². The maximum Gasteiger partial charge on any atom is 0.224 e. The van der Waals surface area contributed by atoms with Crippen molar-refractivity contribution in [2.24, 2.45) is 0 Å². The molecule has 1 amide bonds. The van der Waals surface area contributed by atoms with E-state index < -0.39 is 0 Å². The lowest BCUT2D eigenvalue weighted by molar-refractivity contribution is -0.158. The molecule has 2 fully saturated rings. The number of hydrogen-bond acceptors (Lipinski definition) is 3. The van der Waals surface area contributed by atoms with E-state index in [0.717, 1.165) is 24.8 Å². The average molecular weight is 289 g/mol. The number of ether oxygens (including phenoxy) is 2. The van der Waals surface area contributed by atoms with Crippen LogP contribution in [0.5, 0.6) is 0 Å². The zero-order chi connectivity index (χ0) is 14.7. The van der Waals surface area contributed by atoms with Crippen LogP contribution in [0.1, 0.15) is 30.4 Å². The molecule has 1 aliphatic carbocycles. The van der Waals surface area contributed by atoms with Crippen molar-refractivity contribution in [2.75, 3.05) is 13.2 Å². The molecule has 1 heterocycles. The van der Waals surface area contributed by atoms with Crippen LogP contribution in [-0.2, 0) is 20.7 Å². The molecule has 0 spiro atoms. The van der Waals surface area contributed by atoms with Crippen molar-refractivity contribution in [3.63, 3.8) is 0 Å². The summed E-state index contributed by atoms with van der Waals surface area (Å²) in [6.45, 7) is 3.42. The SMILES string of the molecule is Cc1cccc(CC(=O)N[C@@H]2CC[C@H]3OCCO[C@H]3C2)c1. The summed E-state index contributed by atoms with van der Waals surface area (Å²) in [6, 6.07) is 8.32. The number of carbonyl (C=O) groups is 1. The molecule has 2 aliphatic rings. The first-order valence-electron chi connectivity index (χ1n) is 7.79. The van der Waals surface area contributed by atoms with Gasteiger partial charge >= 0.3 is 0 Å². The second-order valence-electron chi connectivity index (χ2n) is 6.06. The third-order valence-corrected chi connectivity index (χ3v) is 4.29. The van der Waals surface area contributed by atoms with Crippen molar-refractivity contribution < 1.29 is 14.3 Å². The number of hydrogen-bond donors (Lipinski definition) is 1. The van der Waals surface area contributed by atoms with Crippen LogP contribution in [0.3, 0.4) is 0 Å². The van der Waals surface area contributed by atoms with Gasteiger partial charge in [-0.3, -0.25) is 4.79 Å². The molecule has 1 aliphatic heterocycles. The number of benzene rings is 1. The highest BCUT2D eigenvalue weighted by molar-refractivity contribution is 5.78. The molecule has 3 rings (SSSR count). The molecule has 1 aromatic carbocycles. The van der Waals surface area contributed by atoms with E-state index in [9.17, 15) is 4.79 Å². The third kappa shape index (κ3) is 3.83. The van der Waals surface area contributed by atoms with Gasteiger partial charge < -0.3 is 14.8 Å². The van der Waals surface area contributed by atoms with E-state index in [0.29, 0.717) is 19.6 Å². The lowest BCUT2D eigenvalue weighted by atomic mass is 9.89. The smallest absolute Gasteiger partial charge is 0.224 e. The Balaban J connectivity index is 1.51. The largest absolute Gasteiger partial charge is 0.373 e. The topological polar surface area (TPSA) is 47.6 Å². The summed E-state index contributed by atoms with van der Waals surface area (Å²) < 4.78 is 11.5. The normalized spacial score (nSPS) is 28.7. The Hall–Kier alpha value is -1.39. The first-order chi connectivity index (χ1) is 10.2. The Morgan fingerprint density at radius 3 is 2.86 bits per heavy atom. The number of fused-ring (bicyclic) bond motifs is 1. The maximum absolute atomic E-state index is 12.2. The fraction of sp³-hybridized carbons (Fsp3) is 0.588. The molecule has 1 saturated carbocycles. The van der Waals surface area contributed by atoms with Gasteiger partial charge in [0.2, 0.25) is 5.91 Å². The average Bonchev–Trinajstić information content (AvgIpc) is 2.47. The van der Waals surface area contributed by atoms with Crippen LogP contribution in [0.25, 0.3) is 0 Å². The summed E-state index contributed by atoms with van der Waals surface area (Å²) in [5.41, 5.74) is 2.26. The number of carbonyl (C=O) groups excluding carboxylic acids is 1. The second-order valence-corrected chi connectivity index (χ2v) is 6.06. The summed E-state index contributed by atoms with van der Waals surface area (Å²) in [5.74, 6) is 0.0979. The van der Waals surface area contributed by atoms with Gasteiger partial charge in [-0.15, -0.1) is 0 Å². The fourth-order valence-electron chi connectivity index (χ4n) is 3.28.